The molecule has 3 rings (SSSR count). The lowest BCUT2D eigenvalue weighted by atomic mass is 10.1. The summed E-state index contributed by atoms with van der Waals surface area (Å²) in [4.78, 5) is 27.8. The normalized spacial score (nSPS) is 11.9. The molecule has 0 radical (unpaired) electrons. The van der Waals surface area contributed by atoms with Crippen molar-refractivity contribution in [3.8, 4) is 5.75 Å². The van der Waals surface area contributed by atoms with Crippen molar-refractivity contribution in [1.29, 1.82) is 0 Å². The zero-order valence-electron chi connectivity index (χ0n) is 21.2. The molecular weight excluding hydrogens is 533 g/mol. The average molecular weight is 562 g/mol. The van der Waals surface area contributed by atoms with Crippen molar-refractivity contribution in [1.82, 2.24) is 10.2 Å². The van der Waals surface area contributed by atoms with Crippen LogP contribution >= 0.6 is 11.6 Å². The van der Waals surface area contributed by atoms with Crippen LogP contribution in [0.5, 0.6) is 5.75 Å². The maximum absolute atomic E-state index is 13.9. The van der Waals surface area contributed by atoms with Gasteiger partial charge >= 0.3 is 0 Å². The molecule has 0 bridgehead atoms. The number of methoxy groups -OCH3 is 1. The fourth-order valence-electron chi connectivity index (χ4n) is 3.94. The molecule has 0 unspecified atom stereocenters. The standard InChI is InChI=1S/C27H29ClFN3O5S/c1-4-25(27(34)30-2)31(17-19-9-8-10-21(15-19)37-3)26(33)18-32(20-13-14-24(29)23(28)16-20)38(35,36)22-11-6-5-7-12-22/h5-16,25H,4,17-18H2,1-3H3,(H,30,34)/t25-/m0/s1. The molecule has 0 aliphatic heterocycles. The minimum absolute atomic E-state index is 0.00271. The minimum atomic E-state index is -4.27. The molecular formula is C27H29ClFN3O5S. The second-order valence-corrected chi connectivity index (χ2v) is 10.6. The summed E-state index contributed by atoms with van der Waals surface area (Å²) in [5, 5.41) is 2.27. The van der Waals surface area contributed by atoms with Crippen LogP contribution in [0.3, 0.4) is 0 Å². The van der Waals surface area contributed by atoms with Gasteiger partial charge in [-0.25, -0.2) is 12.8 Å². The van der Waals surface area contributed by atoms with E-state index in [2.05, 4.69) is 5.32 Å². The zero-order chi connectivity index (χ0) is 27.9. The predicted molar refractivity (Wildman–Crippen MR) is 144 cm³/mol. The molecule has 0 spiro atoms. The van der Waals surface area contributed by atoms with Gasteiger partial charge in [0.05, 0.1) is 22.7 Å². The van der Waals surface area contributed by atoms with E-state index < -0.39 is 40.2 Å². The van der Waals surface area contributed by atoms with Gasteiger partial charge in [0.2, 0.25) is 11.8 Å². The van der Waals surface area contributed by atoms with Gasteiger partial charge in [0.1, 0.15) is 24.2 Å². The summed E-state index contributed by atoms with van der Waals surface area (Å²) in [6.07, 6.45) is 0.281. The van der Waals surface area contributed by atoms with E-state index in [1.54, 1.807) is 49.4 Å². The molecule has 0 heterocycles. The van der Waals surface area contributed by atoms with E-state index in [9.17, 15) is 22.4 Å². The molecule has 0 aliphatic carbocycles. The molecule has 0 saturated heterocycles. The van der Waals surface area contributed by atoms with E-state index in [0.29, 0.717) is 11.3 Å². The summed E-state index contributed by atoms with van der Waals surface area (Å²) in [5.41, 5.74) is 0.685. The molecule has 3 aromatic rings. The number of nitrogens with zero attached hydrogens (tertiary/aromatic N) is 2. The van der Waals surface area contributed by atoms with Gasteiger partial charge in [0, 0.05) is 13.6 Å². The number of rotatable bonds is 11. The summed E-state index contributed by atoms with van der Waals surface area (Å²) in [7, 11) is -1.29. The number of hydrogen-bond acceptors (Lipinski definition) is 5. The van der Waals surface area contributed by atoms with Gasteiger partial charge in [-0.3, -0.25) is 13.9 Å². The van der Waals surface area contributed by atoms with Gasteiger partial charge in [-0.05, 0) is 54.4 Å². The number of ether oxygens (including phenoxy) is 1. The highest BCUT2D eigenvalue weighted by molar-refractivity contribution is 7.92. The zero-order valence-corrected chi connectivity index (χ0v) is 22.8. The Hall–Kier alpha value is -3.63. The molecule has 2 amide bonds. The Labute approximate surface area is 227 Å². The van der Waals surface area contributed by atoms with Crippen molar-refractivity contribution in [3.63, 3.8) is 0 Å². The molecule has 0 fully saturated rings. The van der Waals surface area contributed by atoms with E-state index in [1.807, 2.05) is 0 Å². The number of halogens is 2. The van der Waals surface area contributed by atoms with Crippen LogP contribution in [0.15, 0.2) is 77.7 Å². The van der Waals surface area contributed by atoms with Gasteiger partial charge in [-0.1, -0.05) is 48.9 Å². The van der Waals surface area contributed by atoms with Crippen LogP contribution in [0.1, 0.15) is 18.9 Å². The molecule has 8 nitrogen and oxygen atoms in total. The first kappa shape index (κ1) is 28.9. The van der Waals surface area contributed by atoms with Crippen molar-refractivity contribution in [2.75, 3.05) is 25.0 Å². The molecule has 38 heavy (non-hydrogen) atoms. The highest BCUT2D eigenvalue weighted by Gasteiger charge is 2.33. The van der Waals surface area contributed by atoms with Crippen molar-refractivity contribution in [2.24, 2.45) is 0 Å². The van der Waals surface area contributed by atoms with Crippen LogP contribution in [0, 0.1) is 5.82 Å². The van der Waals surface area contributed by atoms with Crippen LogP contribution in [-0.4, -0.2) is 51.9 Å². The first-order valence-corrected chi connectivity index (χ1v) is 13.6. The lowest BCUT2D eigenvalue weighted by Gasteiger charge is -2.33. The summed E-state index contributed by atoms with van der Waals surface area (Å²) in [6, 6.07) is 17.1. The first-order chi connectivity index (χ1) is 18.1. The van der Waals surface area contributed by atoms with Gasteiger partial charge in [0.25, 0.3) is 10.0 Å². The summed E-state index contributed by atoms with van der Waals surface area (Å²) >= 11 is 5.97. The Morgan fingerprint density at radius 1 is 1.05 bits per heavy atom. The van der Waals surface area contributed by atoms with Gasteiger partial charge in [0.15, 0.2) is 0 Å². The van der Waals surface area contributed by atoms with Gasteiger partial charge in [-0.15, -0.1) is 0 Å². The average Bonchev–Trinajstić information content (AvgIpc) is 2.93. The van der Waals surface area contributed by atoms with Crippen LogP contribution in [0.2, 0.25) is 5.02 Å². The first-order valence-electron chi connectivity index (χ1n) is 11.8. The quantitative estimate of drug-likeness (QED) is 0.378. The Balaban J connectivity index is 2.07. The van der Waals surface area contributed by atoms with Crippen LogP contribution in [0.4, 0.5) is 10.1 Å². The lowest BCUT2D eigenvalue weighted by molar-refractivity contribution is -0.140. The van der Waals surface area contributed by atoms with Gasteiger partial charge < -0.3 is 15.0 Å². The Kier molecular flexibility index (Phi) is 9.71. The topological polar surface area (TPSA) is 96.0 Å². The maximum atomic E-state index is 13.9. The molecule has 0 aliphatic rings. The van der Waals surface area contributed by atoms with Crippen molar-refractivity contribution in [3.05, 3.63) is 89.2 Å². The van der Waals surface area contributed by atoms with Gasteiger partial charge in [-0.2, -0.15) is 0 Å². The largest absolute Gasteiger partial charge is 0.497 e. The second-order valence-electron chi connectivity index (χ2n) is 8.33. The second kappa shape index (κ2) is 12.7. The smallest absolute Gasteiger partial charge is 0.264 e. The Bertz CT molecular complexity index is 1390. The monoisotopic (exact) mass is 561 g/mol. The Morgan fingerprint density at radius 3 is 2.37 bits per heavy atom. The van der Waals surface area contributed by atoms with E-state index in [1.165, 1.54) is 37.3 Å². The van der Waals surface area contributed by atoms with Crippen LogP contribution in [-0.2, 0) is 26.2 Å². The summed E-state index contributed by atoms with van der Waals surface area (Å²) < 4.78 is 47.4. The molecule has 0 saturated carbocycles. The molecule has 1 N–H and O–H groups in total. The summed E-state index contributed by atoms with van der Waals surface area (Å²) in [6.45, 7) is 1.12. The molecule has 11 heteroatoms. The fourth-order valence-corrected chi connectivity index (χ4v) is 5.54. The highest BCUT2D eigenvalue weighted by Crippen LogP contribution is 2.28. The Morgan fingerprint density at radius 2 is 1.76 bits per heavy atom. The number of hydrogen-bond donors (Lipinski definition) is 1. The third kappa shape index (κ3) is 6.62. The number of nitrogens with one attached hydrogen (secondary N) is 1. The lowest BCUT2D eigenvalue weighted by Crippen LogP contribution is -2.51. The number of carbonyl (C=O) groups is 2. The summed E-state index contributed by atoms with van der Waals surface area (Å²) in [5.74, 6) is -1.20. The minimum Gasteiger partial charge on any atom is -0.497 e. The van der Waals surface area contributed by atoms with Crippen LogP contribution in [0.25, 0.3) is 0 Å². The number of sulfonamides is 1. The SMILES string of the molecule is CC[C@@H](C(=O)NC)N(Cc1cccc(OC)c1)C(=O)CN(c1ccc(F)c(Cl)c1)S(=O)(=O)c1ccccc1. The third-order valence-corrected chi connectivity index (χ3v) is 8.00. The number of carbonyl (C=O) groups excluding carboxylic acids is 2. The number of likely N-dealkylation sites (N-methyl/N-ethyl adjacent to an activating group) is 1. The van der Waals surface area contributed by atoms with E-state index in [0.717, 1.165) is 16.4 Å². The molecule has 3 aromatic carbocycles. The highest BCUT2D eigenvalue weighted by atomic mass is 35.5. The van der Waals surface area contributed by atoms with Crippen LogP contribution < -0.4 is 14.4 Å². The van der Waals surface area contributed by atoms with E-state index >= 15 is 0 Å². The van der Waals surface area contributed by atoms with Crippen molar-refractivity contribution in [2.45, 2.75) is 30.8 Å². The van der Waals surface area contributed by atoms with Crippen molar-refractivity contribution < 1.29 is 27.1 Å². The fraction of sp³-hybridized carbons (Fsp3) is 0.259. The van der Waals surface area contributed by atoms with E-state index in [4.69, 9.17) is 16.3 Å². The molecule has 202 valence electrons. The van der Waals surface area contributed by atoms with Crippen molar-refractivity contribution >= 4 is 39.1 Å². The maximum Gasteiger partial charge on any atom is 0.264 e. The predicted octanol–water partition coefficient (Wildman–Crippen LogP) is 4.24. The third-order valence-electron chi connectivity index (χ3n) is 5.92. The molecule has 1 atom stereocenters. The molecule has 0 aromatic heterocycles. The number of amides is 2. The number of benzene rings is 3. The van der Waals surface area contributed by atoms with E-state index in [-0.39, 0.29) is 28.6 Å². The number of anilines is 1.